The van der Waals surface area contributed by atoms with Gasteiger partial charge in [-0.1, -0.05) is 37.6 Å². The quantitative estimate of drug-likeness (QED) is 0.885. The monoisotopic (exact) mass is 267 g/mol. The maximum atomic E-state index is 13.6. The second-order valence-corrected chi connectivity index (χ2v) is 4.31. The zero-order valence-corrected chi connectivity index (χ0v) is 10.7. The summed E-state index contributed by atoms with van der Waals surface area (Å²) in [6.07, 6.45) is -0.780. The fourth-order valence-electron chi connectivity index (χ4n) is 1.38. The van der Waals surface area contributed by atoms with E-state index in [-0.39, 0.29) is 28.9 Å². The van der Waals surface area contributed by atoms with E-state index in [0.29, 0.717) is 0 Å². The van der Waals surface area contributed by atoms with Crippen molar-refractivity contribution in [2.75, 3.05) is 0 Å². The van der Waals surface area contributed by atoms with Gasteiger partial charge in [-0.2, -0.15) is 0 Å². The minimum atomic E-state index is -0.780. The number of aliphatic hydroxyl groups is 1. The molecule has 0 aromatic heterocycles. The van der Waals surface area contributed by atoms with E-state index in [9.17, 15) is 9.50 Å². The topological polar surface area (TPSA) is 46.2 Å². The van der Waals surface area contributed by atoms with Gasteiger partial charge in [0.2, 0.25) is 0 Å². The van der Waals surface area contributed by atoms with E-state index in [1.54, 1.807) is 6.07 Å². The van der Waals surface area contributed by atoms with E-state index < -0.39 is 18.0 Å². The Labute approximate surface area is 106 Å². The summed E-state index contributed by atoms with van der Waals surface area (Å²) in [6, 6.07) is 3.86. The minimum absolute atomic E-state index is 0. The fourth-order valence-corrected chi connectivity index (χ4v) is 1.56. The van der Waals surface area contributed by atoms with Crippen molar-refractivity contribution in [3.8, 4) is 0 Å². The third-order valence-electron chi connectivity index (χ3n) is 2.39. The summed E-state index contributed by atoms with van der Waals surface area (Å²) in [6.45, 7) is 3.65. The zero-order chi connectivity index (χ0) is 11.6. The Bertz CT molecular complexity index is 347. The van der Waals surface area contributed by atoms with Crippen LogP contribution in [0.25, 0.3) is 0 Å². The fraction of sp³-hybridized carbons (Fsp3) is 0.455. The summed E-state index contributed by atoms with van der Waals surface area (Å²) in [7, 11) is 0. The average Bonchev–Trinajstić information content (AvgIpc) is 2.20. The lowest BCUT2D eigenvalue weighted by atomic mass is 9.94. The van der Waals surface area contributed by atoms with E-state index in [4.69, 9.17) is 17.3 Å². The first kappa shape index (κ1) is 15.7. The van der Waals surface area contributed by atoms with Crippen molar-refractivity contribution in [3.63, 3.8) is 0 Å². The molecule has 0 heterocycles. The maximum Gasteiger partial charge on any atom is 0.146 e. The third-order valence-corrected chi connectivity index (χ3v) is 2.68. The molecule has 2 atom stereocenters. The third kappa shape index (κ3) is 3.32. The first-order valence-corrected chi connectivity index (χ1v) is 5.20. The van der Waals surface area contributed by atoms with Crippen LogP contribution >= 0.6 is 24.0 Å². The van der Waals surface area contributed by atoms with Crippen LogP contribution in [0.5, 0.6) is 0 Å². The van der Waals surface area contributed by atoms with Crippen molar-refractivity contribution >= 4 is 24.0 Å². The van der Waals surface area contributed by atoms with Crippen LogP contribution < -0.4 is 5.73 Å². The SMILES string of the molecule is CC(C)[C@@H](O)[C@@H](N)c1cccc(Cl)c1F.Cl. The molecule has 0 saturated carbocycles. The molecule has 0 radical (unpaired) electrons. The van der Waals surface area contributed by atoms with Crippen LogP contribution in [0.2, 0.25) is 5.02 Å². The molecule has 1 aromatic rings. The minimum Gasteiger partial charge on any atom is -0.391 e. The van der Waals surface area contributed by atoms with Gasteiger partial charge in [0.1, 0.15) is 5.82 Å². The number of benzene rings is 1. The van der Waals surface area contributed by atoms with Crippen molar-refractivity contribution in [1.29, 1.82) is 0 Å². The van der Waals surface area contributed by atoms with Crippen LogP contribution in [-0.2, 0) is 0 Å². The normalized spacial score (nSPS) is 14.4. The highest BCUT2D eigenvalue weighted by Crippen LogP contribution is 2.26. The summed E-state index contributed by atoms with van der Waals surface area (Å²) in [5, 5.41) is 9.76. The Morgan fingerprint density at radius 2 is 1.94 bits per heavy atom. The van der Waals surface area contributed by atoms with Crippen LogP contribution in [0.1, 0.15) is 25.5 Å². The van der Waals surface area contributed by atoms with Crippen molar-refractivity contribution in [2.45, 2.75) is 26.0 Å². The Morgan fingerprint density at radius 3 is 2.44 bits per heavy atom. The van der Waals surface area contributed by atoms with Crippen LogP contribution in [0, 0.1) is 11.7 Å². The Kier molecular flexibility index (Phi) is 6.26. The van der Waals surface area contributed by atoms with Crippen molar-refractivity contribution in [2.24, 2.45) is 11.7 Å². The Morgan fingerprint density at radius 1 is 1.38 bits per heavy atom. The summed E-state index contributed by atoms with van der Waals surface area (Å²) in [5.41, 5.74) is 6.01. The van der Waals surface area contributed by atoms with E-state index in [1.807, 2.05) is 13.8 Å². The van der Waals surface area contributed by atoms with E-state index in [0.717, 1.165) is 0 Å². The van der Waals surface area contributed by atoms with E-state index in [1.165, 1.54) is 12.1 Å². The molecule has 1 rings (SSSR count). The Balaban J connectivity index is 0.00000225. The average molecular weight is 268 g/mol. The number of hydrogen-bond acceptors (Lipinski definition) is 2. The smallest absolute Gasteiger partial charge is 0.146 e. The highest BCUT2D eigenvalue weighted by Gasteiger charge is 2.23. The van der Waals surface area contributed by atoms with Crippen molar-refractivity contribution in [3.05, 3.63) is 34.6 Å². The van der Waals surface area contributed by atoms with Gasteiger partial charge in [0.25, 0.3) is 0 Å². The molecule has 0 spiro atoms. The molecule has 3 N–H and O–H groups in total. The van der Waals surface area contributed by atoms with Gasteiger partial charge in [-0.05, 0) is 12.0 Å². The molecule has 0 aliphatic carbocycles. The number of rotatable bonds is 3. The predicted octanol–water partition coefficient (Wildman–Crippen LogP) is 2.92. The molecule has 0 bridgehead atoms. The molecule has 0 aliphatic rings. The number of hydrogen-bond donors (Lipinski definition) is 2. The molecule has 0 saturated heterocycles. The molecule has 2 nitrogen and oxygen atoms in total. The number of aliphatic hydroxyl groups excluding tert-OH is 1. The lowest BCUT2D eigenvalue weighted by Gasteiger charge is -2.22. The molecule has 16 heavy (non-hydrogen) atoms. The summed E-state index contributed by atoms with van der Waals surface area (Å²) in [4.78, 5) is 0. The molecule has 92 valence electrons. The lowest BCUT2D eigenvalue weighted by Crippen LogP contribution is -2.31. The highest BCUT2D eigenvalue weighted by molar-refractivity contribution is 6.30. The largest absolute Gasteiger partial charge is 0.391 e. The first-order valence-electron chi connectivity index (χ1n) is 4.82. The van der Waals surface area contributed by atoms with E-state index in [2.05, 4.69) is 0 Å². The highest BCUT2D eigenvalue weighted by atomic mass is 35.5. The van der Waals surface area contributed by atoms with Crippen LogP contribution in [-0.4, -0.2) is 11.2 Å². The van der Waals surface area contributed by atoms with Gasteiger partial charge in [0, 0.05) is 5.56 Å². The van der Waals surface area contributed by atoms with Gasteiger partial charge in [-0.25, -0.2) is 4.39 Å². The number of nitrogens with two attached hydrogens (primary N) is 1. The predicted molar refractivity (Wildman–Crippen MR) is 66.4 cm³/mol. The van der Waals surface area contributed by atoms with Crippen molar-refractivity contribution in [1.82, 2.24) is 0 Å². The molecular formula is C11H16Cl2FNO. The second-order valence-electron chi connectivity index (χ2n) is 3.90. The molecular weight excluding hydrogens is 252 g/mol. The zero-order valence-electron chi connectivity index (χ0n) is 9.15. The molecule has 5 heteroatoms. The maximum absolute atomic E-state index is 13.6. The van der Waals surface area contributed by atoms with Gasteiger partial charge in [-0.3, -0.25) is 0 Å². The van der Waals surface area contributed by atoms with Gasteiger partial charge >= 0.3 is 0 Å². The van der Waals surface area contributed by atoms with E-state index >= 15 is 0 Å². The summed E-state index contributed by atoms with van der Waals surface area (Å²) < 4.78 is 13.6. The van der Waals surface area contributed by atoms with Gasteiger partial charge in [0.15, 0.2) is 0 Å². The van der Waals surface area contributed by atoms with Gasteiger partial charge < -0.3 is 10.8 Å². The molecule has 1 aromatic carbocycles. The molecule has 0 fully saturated rings. The summed E-state index contributed by atoms with van der Waals surface area (Å²) >= 11 is 5.63. The van der Waals surface area contributed by atoms with Gasteiger partial charge in [-0.15, -0.1) is 12.4 Å². The second kappa shape index (κ2) is 6.40. The standard InChI is InChI=1S/C11H15ClFNO.ClH/c1-6(2)11(15)10(14)7-4-3-5-8(12)9(7)13;/h3-6,10-11,15H,14H2,1-2H3;1H/t10-,11+;/m0./s1. The van der Waals surface area contributed by atoms with Crippen LogP contribution in [0.3, 0.4) is 0 Å². The van der Waals surface area contributed by atoms with Gasteiger partial charge in [0.05, 0.1) is 17.2 Å². The summed E-state index contributed by atoms with van der Waals surface area (Å²) in [5.74, 6) is -0.579. The van der Waals surface area contributed by atoms with Crippen LogP contribution in [0.15, 0.2) is 18.2 Å². The first-order chi connectivity index (χ1) is 6.95. The number of halogens is 3. The Hall–Kier alpha value is -0.350. The lowest BCUT2D eigenvalue weighted by molar-refractivity contribution is 0.0966. The van der Waals surface area contributed by atoms with Crippen molar-refractivity contribution < 1.29 is 9.50 Å². The molecule has 0 amide bonds. The molecule has 0 unspecified atom stereocenters. The molecule has 0 aliphatic heterocycles. The van der Waals surface area contributed by atoms with Crippen LogP contribution in [0.4, 0.5) is 4.39 Å².